The van der Waals surface area contributed by atoms with Gasteiger partial charge >= 0.3 is 0 Å². The highest BCUT2D eigenvalue weighted by Gasteiger charge is 2.28. The van der Waals surface area contributed by atoms with Crippen molar-refractivity contribution >= 4 is 15.7 Å². The van der Waals surface area contributed by atoms with Crippen molar-refractivity contribution in [3.63, 3.8) is 0 Å². The first-order valence-corrected chi connectivity index (χ1v) is 9.16. The first kappa shape index (κ1) is 17.3. The van der Waals surface area contributed by atoms with Crippen LogP contribution in [-0.2, 0) is 21.1 Å². The number of methoxy groups -OCH3 is 1. The summed E-state index contributed by atoms with van der Waals surface area (Å²) in [5, 5.41) is 2.68. The average Bonchev–Trinajstić information content (AvgIpc) is 2.84. The normalized spacial score (nSPS) is 19.1. The molecule has 1 fully saturated rings. The van der Waals surface area contributed by atoms with Gasteiger partial charge in [-0.2, -0.15) is 0 Å². The van der Waals surface area contributed by atoms with Gasteiger partial charge in [-0.05, 0) is 30.5 Å². The Kier molecular flexibility index (Phi) is 5.65. The second kappa shape index (κ2) is 7.50. The molecular weight excluding hydrogens is 318 g/mol. The lowest BCUT2D eigenvalue weighted by atomic mass is 10.1. The van der Waals surface area contributed by atoms with Crippen LogP contribution in [0, 0.1) is 0 Å². The molecule has 1 amide bonds. The highest BCUT2D eigenvalue weighted by atomic mass is 32.2. The number of allylic oxidation sites excluding steroid dienone is 1. The minimum Gasteiger partial charge on any atom is -0.493 e. The van der Waals surface area contributed by atoms with E-state index in [1.165, 1.54) is 7.11 Å². The summed E-state index contributed by atoms with van der Waals surface area (Å²) in [5.41, 5.74) is 1.03. The maximum atomic E-state index is 11.9. The Morgan fingerprint density at radius 2 is 2.22 bits per heavy atom. The van der Waals surface area contributed by atoms with Gasteiger partial charge in [0.15, 0.2) is 27.9 Å². The summed E-state index contributed by atoms with van der Waals surface area (Å²) in [6.45, 7) is 3.50. The third-order valence-electron chi connectivity index (χ3n) is 3.56. The van der Waals surface area contributed by atoms with Gasteiger partial charge in [0.05, 0.1) is 18.6 Å². The van der Waals surface area contributed by atoms with Gasteiger partial charge in [0.1, 0.15) is 0 Å². The molecule has 1 saturated heterocycles. The summed E-state index contributed by atoms with van der Waals surface area (Å²) in [7, 11) is -1.48. The predicted molar refractivity (Wildman–Crippen MR) is 87.6 cm³/mol. The monoisotopic (exact) mass is 339 g/mol. The number of carbonyl (C=O) groups excluding carboxylic acids is 1. The summed E-state index contributed by atoms with van der Waals surface area (Å²) >= 11 is 0. The van der Waals surface area contributed by atoms with Gasteiger partial charge in [-0.1, -0.05) is 12.1 Å². The van der Waals surface area contributed by atoms with Crippen LogP contribution in [0.15, 0.2) is 30.9 Å². The first-order chi connectivity index (χ1) is 10.9. The molecule has 2 rings (SSSR count). The van der Waals surface area contributed by atoms with Crippen molar-refractivity contribution in [3.05, 3.63) is 36.4 Å². The Labute approximate surface area is 136 Å². The second-order valence-corrected chi connectivity index (χ2v) is 7.66. The number of ether oxygens (including phenoxy) is 2. The molecule has 1 heterocycles. The van der Waals surface area contributed by atoms with Crippen LogP contribution >= 0.6 is 0 Å². The van der Waals surface area contributed by atoms with Gasteiger partial charge in [0.25, 0.3) is 5.91 Å². The molecule has 1 aromatic carbocycles. The van der Waals surface area contributed by atoms with E-state index in [0.29, 0.717) is 24.3 Å². The first-order valence-electron chi connectivity index (χ1n) is 7.34. The fraction of sp³-hybridized carbons (Fsp3) is 0.438. The fourth-order valence-electron chi connectivity index (χ4n) is 2.45. The minimum atomic E-state index is -3.01. The molecular formula is C16H21NO5S. The van der Waals surface area contributed by atoms with Crippen LogP contribution in [0.5, 0.6) is 11.5 Å². The SMILES string of the molecule is C=CCc1ccc(OCC(=O)NC2CCS(=O)(=O)C2)c(OC)c1. The molecule has 1 N–H and O–H groups in total. The number of rotatable bonds is 7. The largest absolute Gasteiger partial charge is 0.493 e. The average molecular weight is 339 g/mol. The van der Waals surface area contributed by atoms with Crippen molar-refractivity contribution in [1.82, 2.24) is 5.32 Å². The molecule has 6 nitrogen and oxygen atoms in total. The van der Waals surface area contributed by atoms with Gasteiger partial charge < -0.3 is 14.8 Å². The van der Waals surface area contributed by atoms with Crippen molar-refractivity contribution in [2.24, 2.45) is 0 Å². The van der Waals surface area contributed by atoms with Gasteiger partial charge in [0, 0.05) is 6.04 Å². The molecule has 1 aromatic rings. The standard InChI is InChI=1S/C16H21NO5S/c1-3-4-12-5-6-14(15(9-12)21-2)22-10-16(18)17-13-7-8-23(19,20)11-13/h3,5-6,9,13H,1,4,7-8,10-11H2,2H3,(H,17,18). The molecule has 1 aliphatic rings. The van der Waals surface area contributed by atoms with Crippen molar-refractivity contribution in [2.45, 2.75) is 18.9 Å². The smallest absolute Gasteiger partial charge is 0.258 e. The van der Waals surface area contributed by atoms with E-state index < -0.39 is 9.84 Å². The number of nitrogens with one attached hydrogen (secondary N) is 1. The minimum absolute atomic E-state index is 0.00168. The van der Waals surface area contributed by atoms with E-state index in [9.17, 15) is 13.2 Å². The summed E-state index contributed by atoms with van der Waals surface area (Å²) in [5.74, 6) is 0.787. The second-order valence-electron chi connectivity index (χ2n) is 5.43. The van der Waals surface area contributed by atoms with Crippen molar-refractivity contribution in [2.75, 3.05) is 25.2 Å². The van der Waals surface area contributed by atoms with E-state index in [1.54, 1.807) is 12.1 Å². The maximum absolute atomic E-state index is 11.9. The molecule has 126 valence electrons. The zero-order chi connectivity index (χ0) is 16.9. The van der Waals surface area contributed by atoms with Crippen LogP contribution in [0.2, 0.25) is 0 Å². The molecule has 0 spiro atoms. The van der Waals surface area contributed by atoms with E-state index in [1.807, 2.05) is 12.1 Å². The summed E-state index contributed by atoms with van der Waals surface area (Å²) < 4.78 is 33.5. The Hall–Kier alpha value is -2.02. The Morgan fingerprint density at radius 1 is 1.43 bits per heavy atom. The molecule has 0 bridgehead atoms. The lowest BCUT2D eigenvalue weighted by Gasteiger charge is -2.14. The molecule has 0 radical (unpaired) electrons. The van der Waals surface area contributed by atoms with Crippen LogP contribution in [0.25, 0.3) is 0 Å². The van der Waals surface area contributed by atoms with Crippen LogP contribution in [0.3, 0.4) is 0 Å². The van der Waals surface area contributed by atoms with Crippen LogP contribution < -0.4 is 14.8 Å². The highest BCUT2D eigenvalue weighted by molar-refractivity contribution is 7.91. The highest BCUT2D eigenvalue weighted by Crippen LogP contribution is 2.28. The van der Waals surface area contributed by atoms with E-state index in [-0.39, 0.29) is 30.1 Å². The van der Waals surface area contributed by atoms with E-state index in [0.717, 1.165) is 5.56 Å². The van der Waals surface area contributed by atoms with Gasteiger partial charge in [0.2, 0.25) is 0 Å². The Balaban J connectivity index is 1.90. The summed E-state index contributed by atoms with van der Waals surface area (Å²) in [4.78, 5) is 11.9. The zero-order valence-electron chi connectivity index (χ0n) is 13.1. The maximum Gasteiger partial charge on any atom is 0.258 e. The van der Waals surface area contributed by atoms with Gasteiger partial charge in [-0.3, -0.25) is 4.79 Å². The van der Waals surface area contributed by atoms with Crippen molar-refractivity contribution in [3.8, 4) is 11.5 Å². The number of hydrogen-bond donors (Lipinski definition) is 1. The lowest BCUT2D eigenvalue weighted by molar-refractivity contribution is -0.123. The third kappa shape index (κ3) is 4.99. The van der Waals surface area contributed by atoms with Gasteiger partial charge in [-0.25, -0.2) is 8.42 Å². The number of benzene rings is 1. The number of hydrogen-bond acceptors (Lipinski definition) is 5. The van der Waals surface area contributed by atoms with Crippen molar-refractivity contribution < 1.29 is 22.7 Å². The van der Waals surface area contributed by atoms with Crippen LogP contribution in [-0.4, -0.2) is 45.6 Å². The lowest BCUT2D eigenvalue weighted by Crippen LogP contribution is -2.38. The molecule has 0 aromatic heterocycles. The van der Waals surface area contributed by atoms with Crippen LogP contribution in [0.1, 0.15) is 12.0 Å². The van der Waals surface area contributed by atoms with Crippen molar-refractivity contribution in [1.29, 1.82) is 0 Å². The van der Waals surface area contributed by atoms with E-state index in [4.69, 9.17) is 9.47 Å². The molecule has 7 heteroatoms. The molecule has 1 aliphatic heterocycles. The number of amides is 1. The van der Waals surface area contributed by atoms with E-state index in [2.05, 4.69) is 11.9 Å². The number of carbonyl (C=O) groups is 1. The topological polar surface area (TPSA) is 81.7 Å². The van der Waals surface area contributed by atoms with E-state index >= 15 is 0 Å². The van der Waals surface area contributed by atoms with Crippen LogP contribution in [0.4, 0.5) is 0 Å². The summed E-state index contributed by atoms with van der Waals surface area (Å²) in [6.07, 6.45) is 2.96. The number of sulfone groups is 1. The summed E-state index contributed by atoms with van der Waals surface area (Å²) in [6, 6.07) is 5.12. The molecule has 1 atom stereocenters. The zero-order valence-corrected chi connectivity index (χ0v) is 13.9. The van der Waals surface area contributed by atoms with Gasteiger partial charge in [-0.15, -0.1) is 6.58 Å². The fourth-order valence-corrected chi connectivity index (χ4v) is 4.12. The Bertz CT molecular complexity index is 684. The third-order valence-corrected chi connectivity index (χ3v) is 5.33. The molecule has 0 saturated carbocycles. The molecule has 1 unspecified atom stereocenters. The molecule has 23 heavy (non-hydrogen) atoms. The Morgan fingerprint density at radius 3 is 2.83 bits per heavy atom. The quantitative estimate of drug-likeness (QED) is 0.753. The predicted octanol–water partition coefficient (Wildman–Crippen LogP) is 1.11. The molecule has 0 aliphatic carbocycles.